The van der Waals surface area contributed by atoms with Crippen molar-refractivity contribution in [1.82, 2.24) is 0 Å². The Hall–Kier alpha value is -1.35. The van der Waals surface area contributed by atoms with E-state index < -0.39 is 0 Å². The second kappa shape index (κ2) is 8.05. The molecule has 1 rings (SSSR count). The highest BCUT2D eigenvalue weighted by Gasteiger charge is 2.13. The van der Waals surface area contributed by atoms with Gasteiger partial charge >= 0.3 is 0 Å². The molecule has 3 nitrogen and oxygen atoms in total. The van der Waals surface area contributed by atoms with Gasteiger partial charge in [-0.05, 0) is 36.7 Å². The van der Waals surface area contributed by atoms with Gasteiger partial charge in [0.05, 0.1) is 11.8 Å². The van der Waals surface area contributed by atoms with Gasteiger partial charge in [0, 0.05) is 0 Å². The molecule has 0 aliphatic carbocycles. The average Bonchev–Trinajstić information content (AvgIpc) is 2.39. The highest BCUT2D eigenvalue weighted by Crippen LogP contribution is 2.22. The Kier molecular flexibility index (Phi) is 6.73. The van der Waals surface area contributed by atoms with Crippen molar-refractivity contribution in [1.29, 1.82) is 0 Å². The van der Waals surface area contributed by atoms with E-state index in [1.54, 1.807) is 0 Å². The van der Waals surface area contributed by atoms with Crippen molar-refractivity contribution in [2.24, 2.45) is 10.6 Å². The lowest BCUT2D eigenvalue weighted by Crippen LogP contribution is -2.12. The van der Waals surface area contributed by atoms with Crippen molar-refractivity contribution >= 4 is 5.71 Å². The van der Waals surface area contributed by atoms with Crippen LogP contribution in [0.25, 0.3) is 0 Å². The predicted octanol–water partition coefficient (Wildman–Crippen LogP) is 4.22. The molecule has 2 N–H and O–H groups in total. The lowest BCUT2D eigenvalue weighted by Gasteiger charge is -2.19. The molecule has 20 heavy (non-hydrogen) atoms. The van der Waals surface area contributed by atoms with E-state index in [-0.39, 0.29) is 6.10 Å². The zero-order chi connectivity index (χ0) is 15.0. The predicted molar refractivity (Wildman–Crippen MR) is 83.3 cm³/mol. The third-order valence-corrected chi connectivity index (χ3v) is 3.41. The Morgan fingerprint density at radius 2 is 1.80 bits per heavy atom. The van der Waals surface area contributed by atoms with Gasteiger partial charge in [-0.1, -0.05) is 62.7 Å². The van der Waals surface area contributed by atoms with Crippen LogP contribution in [0.2, 0.25) is 0 Å². The SMILES string of the molecule is CC(C)(C)CCCC(O)CC/C(=N\O)c1ccccc1. The second-order valence-electron chi connectivity index (χ2n) is 6.56. The number of hydrogen-bond acceptors (Lipinski definition) is 3. The molecule has 3 heteroatoms. The highest BCUT2D eigenvalue weighted by molar-refractivity contribution is 6.00. The first-order valence-corrected chi connectivity index (χ1v) is 7.37. The van der Waals surface area contributed by atoms with Crippen molar-refractivity contribution in [2.75, 3.05) is 0 Å². The van der Waals surface area contributed by atoms with Crippen molar-refractivity contribution in [3.8, 4) is 0 Å². The van der Waals surface area contributed by atoms with Crippen LogP contribution in [0.1, 0.15) is 58.4 Å². The molecule has 0 saturated heterocycles. The molecular formula is C17H27NO2. The number of aliphatic hydroxyl groups excluding tert-OH is 1. The molecule has 0 aliphatic heterocycles. The Bertz CT molecular complexity index is 407. The fourth-order valence-electron chi connectivity index (χ4n) is 2.20. The minimum atomic E-state index is -0.321. The van der Waals surface area contributed by atoms with E-state index in [2.05, 4.69) is 25.9 Å². The maximum absolute atomic E-state index is 10.0. The van der Waals surface area contributed by atoms with Crippen LogP contribution in [-0.2, 0) is 0 Å². The number of benzene rings is 1. The summed E-state index contributed by atoms with van der Waals surface area (Å²) in [5, 5.41) is 22.4. The summed E-state index contributed by atoms with van der Waals surface area (Å²) in [5.41, 5.74) is 1.87. The van der Waals surface area contributed by atoms with Crippen LogP contribution < -0.4 is 0 Å². The highest BCUT2D eigenvalue weighted by atomic mass is 16.4. The molecule has 112 valence electrons. The summed E-state index contributed by atoms with van der Waals surface area (Å²) in [6.45, 7) is 6.64. The van der Waals surface area contributed by atoms with Gasteiger partial charge < -0.3 is 10.3 Å². The minimum Gasteiger partial charge on any atom is -0.411 e. The summed E-state index contributed by atoms with van der Waals surface area (Å²) in [4.78, 5) is 0. The van der Waals surface area contributed by atoms with Crippen LogP contribution >= 0.6 is 0 Å². The minimum absolute atomic E-state index is 0.321. The molecule has 0 bridgehead atoms. The van der Waals surface area contributed by atoms with Crippen molar-refractivity contribution in [3.05, 3.63) is 35.9 Å². The number of nitrogens with zero attached hydrogens (tertiary/aromatic N) is 1. The van der Waals surface area contributed by atoms with Gasteiger partial charge in [-0.2, -0.15) is 0 Å². The molecule has 1 aromatic rings. The van der Waals surface area contributed by atoms with Crippen LogP contribution in [0, 0.1) is 5.41 Å². The van der Waals surface area contributed by atoms with Gasteiger partial charge in [-0.3, -0.25) is 0 Å². The van der Waals surface area contributed by atoms with Gasteiger partial charge in [-0.15, -0.1) is 0 Å². The zero-order valence-electron chi connectivity index (χ0n) is 12.8. The van der Waals surface area contributed by atoms with Gasteiger partial charge in [0.1, 0.15) is 0 Å². The molecule has 0 amide bonds. The molecule has 0 heterocycles. The van der Waals surface area contributed by atoms with E-state index >= 15 is 0 Å². The lowest BCUT2D eigenvalue weighted by molar-refractivity contribution is 0.148. The molecule has 0 fully saturated rings. The summed E-state index contributed by atoms with van der Waals surface area (Å²) in [5.74, 6) is 0. The zero-order valence-corrected chi connectivity index (χ0v) is 12.8. The Balaban J connectivity index is 2.34. The lowest BCUT2D eigenvalue weighted by atomic mass is 9.89. The van der Waals surface area contributed by atoms with Crippen LogP contribution in [0.15, 0.2) is 35.5 Å². The van der Waals surface area contributed by atoms with Crippen LogP contribution in [0.4, 0.5) is 0 Å². The van der Waals surface area contributed by atoms with Crippen LogP contribution in [0.5, 0.6) is 0 Å². The molecule has 0 aliphatic rings. The average molecular weight is 277 g/mol. The van der Waals surface area contributed by atoms with Gasteiger partial charge in [0.25, 0.3) is 0 Å². The normalized spacial score (nSPS) is 14.3. The molecule has 1 aromatic carbocycles. The number of hydrogen-bond donors (Lipinski definition) is 2. The summed E-state index contributed by atoms with van der Waals surface area (Å²) in [6, 6.07) is 9.60. The topological polar surface area (TPSA) is 52.8 Å². The molecule has 0 saturated carbocycles. The molecular weight excluding hydrogens is 250 g/mol. The molecule has 0 aromatic heterocycles. The number of rotatable bonds is 7. The summed E-state index contributed by atoms with van der Waals surface area (Å²) < 4.78 is 0. The van der Waals surface area contributed by atoms with Gasteiger partial charge in [-0.25, -0.2) is 0 Å². The van der Waals surface area contributed by atoms with Crippen molar-refractivity contribution < 1.29 is 10.3 Å². The quantitative estimate of drug-likeness (QED) is 0.445. The summed E-state index contributed by atoms with van der Waals surface area (Å²) in [6.07, 6.45) is 3.86. The Labute approximate surface area is 122 Å². The maximum atomic E-state index is 10.0. The summed E-state index contributed by atoms with van der Waals surface area (Å²) >= 11 is 0. The second-order valence-corrected chi connectivity index (χ2v) is 6.56. The van der Waals surface area contributed by atoms with E-state index in [1.807, 2.05) is 30.3 Å². The third kappa shape index (κ3) is 6.71. The fraction of sp³-hybridized carbons (Fsp3) is 0.588. The van der Waals surface area contributed by atoms with E-state index in [9.17, 15) is 5.11 Å². The Morgan fingerprint density at radius 3 is 2.35 bits per heavy atom. The monoisotopic (exact) mass is 277 g/mol. The van der Waals surface area contributed by atoms with Gasteiger partial charge in [0.2, 0.25) is 0 Å². The first-order valence-electron chi connectivity index (χ1n) is 7.37. The molecule has 0 radical (unpaired) electrons. The van der Waals surface area contributed by atoms with Crippen molar-refractivity contribution in [3.63, 3.8) is 0 Å². The first-order chi connectivity index (χ1) is 9.42. The van der Waals surface area contributed by atoms with E-state index in [1.165, 1.54) is 0 Å². The van der Waals surface area contributed by atoms with E-state index in [4.69, 9.17) is 5.21 Å². The third-order valence-electron chi connectivity index (χ3n) is 3.41. The largest absolute Gasteiger partial charge is 0.411 e. The molecule has 0 spiro atoms. The Morgan fingerprint density at radius 1 is 1.15 bits per heavy atom. The standard InChI is InChI=1S/C17H27NO2/c1-17(2,3)13-7-10-15(19)11-12-16(18-20)14-8-5-4-6-9-14/h4-6,8-9,15,19-20H,7,10-13H2,1-3H3/b18-16+. The fourth-order valence-corrected chi connectivity index (χ4v) is 2.20. The number of oxime groups is 1. The van der Waals surface area contributed by atoms with E-state index in [0.29, 0.717) is 24.0 Å². The molecule has 1 atom stereocenters. The van der Waals surface area contributed by atoms with Crippen molar-refractivity contribution in [2.45, 2.75) is 59.0 Å². The summed E-state index contributed by atoms with van der Waals surface area (Å²) in [7, 11) is 0. The van der Waals surface area contributed by atoms with Crippen LogP contribution in [0.3, 0.4) is 0 Å². The van der Waals surface area contributed by atoms with Crippen LogP contribution in [-0.4, -0.2) is 22.1 Å². The first kappa shape index (κ1) is 16.7. The van der Waals surface area contributed by atoms with E-state index in [0.717, 1.165) is 24.8 Å². The van der Waals surface area contributed by atoms with Gasteiger partial charge in [0.15, 0.2) is 0 Å². The molecule has 1 unspecified atom stereocenters. The smallest absolute Gasteiger partial charge is 0.0868 e. The number of aliphatic hydroxyl groups is 1. The maximum Gasteiger partial charge on any atom is 0.0868 e.